The highest BCUT2D eigenvalue weighted by molar-refractivity contribution is 7.10. The van der Waals surface area contributed by atoms with E-state index in [4.69, 9.17) is 0 Å². The van der Waals surface area contributed by atoms with Gasteiger partial charge in [-0.1, -0.05) is 6.07 Å². The van der Waals surface area contributed by atoms with Crippen molar-refractivity contribution in [2.24, 2.45) is 0 Å². The summed E-state index contributed by atoms with van der Waals surface area (Å²) in [6.07, 6.45) is 1.28. The van der Waals surface area contributed by atoms with Crippen molar-refractivity contribution in [3.63, 3.8) is 0 Å². The highest BCUT2D eigenvalue weighted by Crippen LogP contribution is 2.26. The van der Waals surface area contributed by atoms with Crippen molar-refractivity contribution in [3.05, 3.63) is 22.4 Å². The van der Waals surface area contributed by atoms with Crippen LogP contribution in [0.4, 0.5) is 0 Å². The first-order valence-corrected chi connectivity index (χ1v) is 6.13. The number of thiophene rings is 1. The molecule has 1 fully saturated rings. The molecule has 1 saturated heterocycles. The van der Waals surface area contributed by atoms with Crippen LogP contribution in [0, 0.1) is 0 Å². The number of rotatable bonds is 3. The highest BCUT2D eigenvalue weighted by Gasteiger charge is 2.23. The average Bonchev–Trinajstić information content (AvgIpc) is 2.87. The fourth-order valence-corrected chi connectivity index (χ4v) is 2.87. The van der Waals surface area contributed by atoms with Gasteiger partial charge in [0, 0.05) is 23.5 Å². The Morgan fingerprint density at radius 3 is 3.07 bits per heavy atom. The number of hydrogen-bond donors (Lipinski definition) is 1. The smallest absolute Gasteiger partial charge is 0.0413 e. The maximum Gasteiger partial charge on any atom is 0.0413 e. The number of likely N-dealkylation sites (N-methyl/N-ethyl adjacent to an activating group) is 1. The van der Waals surface area contributed by atoms with Crippen LogP contribution in [-0.2, 0) is 0 Å². The molecule has 14 heavy (non-hydrogen) atoms. The van der Waals surface area contributed by atoms with Crippen LogP contribution in [-0.4, -0.2) is 31.1 Å². The topological polar surface area (TPSA) is 15.3 Å². The first kappa shape index (κ1) is 10.1. The fraction of sp³-hybridized carbons (Fsp3) is 0.636. The molecule has 0 spiro atoms. The molecule has 0 unspecified atom stereocenters. The van der Waals surface area contributed by atoms with Crippen molar-refractivity contribution in [1.82, 2.24) is 10.2 Å². The van der Waals surface area contributed by atoms with E-state index in [-0.39, 0.29) is 0 Å². The molecule has 1 aromatic rings. The molecule has 78 valence electrons. The van der Waals surface area contributed by atoms with Crippen molar-refractivity contribution in [2.45, 2.75) is 25.4 Å². The SMILES string of the molecule is C[C@H](c1cccs1)N(C)[C@H]1CCNC1. The summed E-state index contributed by atoms with van der Waals surface area (Å²) in [5.41, 5.74) is 0. The predicted octanol–water partition coefficient (Wildman–Crippen LogP) is 2.10. The van der Waals surface area contributed by atoms with Crippen LogP contribution in [0.5, 0.6) is 0 Å². The molecular weight excluding hydrogens is 192 g/mol. The standard InChI is InChI=1S/C11H18N2S/c1-9(11-4-3-7-14-11)13(2)10-5-6-12-8-10/h3-4,7,9-10,12H,5-6,8H2,1-2H3/t9-,10+/m1/s1. The van der Waals surface area contributed by atoms with Crippen LogP contribution in [0.3, 0.4) is 0 Å². The van der Waals surface area contributed by atoms with Crippen molar-refractivity contribution in [2.75, 3.05) is 20.1 Å². The molecule has 0 radical (unpaired) electrons. The second-order valence-corrected chi connectivity index (χ2v) is 4.98. The molecule has 2 heterocycles. The number of nitrogens with one attached hydrogen (secondary N) is 1. The van der Waals surface area contributed by atoms with Gasteiger partial charge in [0.05, 0.1) is 0 Å². The Hall–Kier alpha value is -0.380. The molecule has 1 aliphatic heterocycles. The quantitative estimate of drug-likeness (QED) is 0.822. The second kappa shape index (κ2) is 4.43. The molecule has 0 aromatic carbocycles. The van der Waals surface area contributed by atoms with Gasteiger partial charge in [-0.3, -0.25) is 4.90 Å². The largest absolute Gasteiger partial charge is 0.315 e. The first-order valence-electron chi connectivity index (χ1n) is 5.25. The molecule has 2 atom stereocenters. The van der Waals surface area contributed by atoms with Crippen molar-refractivity contribution >= 4 is 11.3 Å². The van der Waals surface area contributed by atoms with Crippen LogP contribution in [0.25, 0.3) is 0 Å². The van der Waals surface area contributed by atoms with Gasteiger partial charge in [0.25, 0.3) is 0 Å². The van der Waals surface area contributed by atoms with Gasteiger partial charge in [-0.15, -0.1) is 11.3 Å². The maximum absolute atomic E-state index is 3.42. The molecule has 2 rings (SSSR count). The molecule has 0 aliphatic carbocycles. The minimum absolute atomic E-state index is 0.555. The molecule has 0 bridgehead atoms. The van der Waals surface area contributed by atoms with Crippen LogP contribution in [0.1, 0.15) is 24.3 Å². The van der Waals surface area contributed by atoms with E-state index in [0.29, 0.717) is 12.1 Å². The molecular formula is C11H18N2S. The Kier molecular flexibility index (Phi) is 3.21. The Balaban J connectivity index is 2.00. The predicted molar refractivity (Wildman–Crippen MR) is 61.8 cm³/mol. The zero-order valence-corrected chi connectivity index (χ0v) is 9.68. The summed E-state index contributed by atoms with van der Waals surface area (Å²) in [6, 6.07) is 5.64. The minimum atomic E-state index is 0.555. The van der Waals surface area contributed by atoms with E-state index in [1.165, 1.54) is 17.8 Å². The Morgan fingerprint density at radius 2 is 2.50 bits per heavy atom. The van der Waals surface area contributed by atoms with Crippen molar-refractivity contribution < 1.29 is 0 Å². The summed E-state index contributed by atoms with van der Waals surface area (Å²) in [5, 5.41) is 5.57. The fourth-order valence-electron chi connectivity index (χ4n) is 2.03. The molecule has 1 N–H and O–H groups in total. The summed E-state index contributed by atoms with van der Waals surface area (Å²) in [5.74, 6) is 0. The third-order valence-corrected chi connectivity index (χ3v) is 4.22. The van der Waals surface area contributed by atoms with Gasteiger partial charge < -0.3 is 5.32 Å². The van der Waals surface area contributed by atoms with Gasteiger partial charge in [0.15, 0.2) is 0 Å². The maximum atomic E-state index is 3.42. The second-order valence-electron chi connectivity index (χ2n) is 4.00. The van der Waals surface area contributed by atoms with Crippen LogP contribution < -0.4 is 5.32 Å². The van der Waals surface area contributed by atoms with Crippen molar-refractivity contribution in [3.8, 4) is 0 Å². The number of hydrogen-bond acceptors (Lipinski definition) is 3. The van der Waals surface area contributed by atoms with Crippen LogP contribution >= 0.6 is 11.3 Å². The minimum Gasteiger partial charge on any atom is -0.315 e. The summed E-state index contributed by atoms with van der Waals surface area (Å²) in [7, 11) is 2.24. The van der Waals surface area contributed by atoms with Gasteiger partial charge in [-0.2, -0.15) is 0 Å². The lowest BCUT2D eigenvalue weighted by molar-refractivity contribution is 0.199. The summed E-state index contributed by atoms with van der Waals surface area (Å²) < 4.78 is 0. The van der Waals surface area contributed by atoms with Gasteiger partial charge in [-0.25, -0.2) is 0 Å². The van der Waals surface area contributed by atoms with E-state index in [1.807, 2.05) is 11.3 Å². The normalized spacial score (nSPS) is 24.4. The van der Waals surface area contributed by atoms with E-state index >= 15 is 0 Å². The Labute approximate surface area is 89.9 Å². The lowest BCUT2D eigenvalue weighted by atomic mass is 10.1. The lowest BCUT2D eigenvalue weighted by Gasteiger charge is -2.29. The van der Waals surface area contributed by atoms with E-state index in [0.717, 1.165) is 6.54 Å². The molecule has 3 heteroatoms. The molecule has 2 nitrogen and oxygen atoms in total. The molecule has 0 saturated carbocycles. The Morgan fingerprint density at radius 1 is 1.64 bits per heavy atom. The third-order valence-electron chi connectivity index (χ3n) is 3.18. The first-order chi connectivity index (χ1) is 6.79. The van der Waals surface area contributed by atoms with E-state index in [1.54, 1.807) is 0 Å². The molecule has 1 aromatic heterocycles. The number of nitrogens with zero attached hydrogens (tertiary/aromatic N) is 1. The van der Waals surface area contributed by atoms with Gasteiger partial charge >= 0.3 is 0 Å². The Bertz CT molecular complexity index is 265. The third kappa shape index (κ3) is 2.00. The van der Waals surface area contributed by atoms with Gasteiger partial charge in [-0.05, 0) is 38.4 Å². The monoisotopic (exact) mass is 210 g/mol. The van der Waals surface area contributed by atoms with Crippen LogP contribution in [0.15, 0.2) is 17.5 Å². The molecule has 1 aliphatic rings. The zero-order chi connectivity index (χ0) is 9.97. The van der Waals surface area contributed by atoms with Gasteiger partial charge in [0.1, 0.15) is 0 Å². The lowest BCUT2D eigenvalue weighted by Crippen LogP contribution is -2.35. The highest BCUT2D eigenvalue weighted by atomic mass is 32.1. The van der Waals surface area contributed by atoms with Gasteiger partial charge in [0.2, 0.25) is 0 Å². The van der Waals surface area contributed by atoms with Crippen molar-refractivity contribution in [1.29, 1.82) is 0 Å². The van der Waals surface area contributed by atoms with E-state index in [2.05, 4.69) is 41.7 Å². The molecule has 0 amide bonds. The van der Waals surface area contributed by atoms with E-state index < -0.39 is 0 Å². The average molecular weight is 210 g/mol. The van der Waals surface area contributed by atoms with Crippen LogP contribution in [0.2, 0.25) is 0 Å². The summed E-state index contributed by atoms with van der Waals surface area (Å²) >= 11 is 1.86. The zero-order valence-electron chi connectivity index (χ0n) is 8.86. The van der Waals surface area contributed by atoms with E-state index in [9.17, 15) is 0 Å². The summed E-state index contributed by atoms with van der Waals surface area (Å²) in [6.45, 7) is 4.61. The summed E-state index contributed by atoms with van der Waals surface area (Å²) in [4.78, 5) is 3.96.